The van der Waals surface area contributed by atoms with Gasteiger partial charge in [0.25, 0.3) is 11.8 Å². The Morgan fingerprint density at radius 1 is 1.07 bits per heavy atom. The van der Waals surface area contributed by atoms with E-state index in [4.69, 9.17) is 9.47 Å². The Morgan fingerprint density at radius 3 is 2.43 bits per heavy atom. The van der Waals surface area contributed by atoms with E-state index in [0.717, 1.165) is 0 Å². The maximum atomic E-state index is 12.8. The second kappa shape index (κ2) is 8.40. The number of aromatic nitrogens is 3. The molecule has 9 heteroatoms. The van der Waals surface area contributed by atoms with Gasteiger partial charge in [0.1, 0.15) is 0 Å². The summed E-state index contributed by atoms with van der Waals surface area (Å²) in [6, 6.07) is 6.48. The van der Waals surface area contributed by atoms with E-state index in [1.54, 1.807) is 42.9 Å². The third-order valence-corrected chi connectivity index (χ3v) is 4.42. The van der Waals surface area contributed by atoms with Crippen LogP contribution in [0.1, 0.15) is 46.0 Å². The number of pyridine rings is 1. The highest BCUT2D eigenvalue weighted by Crippen LogP contribution is 2.29. The molecule has 3 rings (SSSR count). The van der Waals surface area contributed by atoms with E-state index < -0.39 is 11.8 Å². The molecular weight excluding hydrogens is 386 g/mol. The molecule has 0 fully saturated rings. The van der Waals surface area contributed by atoms with Gasteiger partial charge in [-0.15, -0.1) is 0 Å². The number of benzene rings is 1. The maximum absolute atomic E-state index is 12.8. The highest BCUT2D eigenvalue weighted by Gasteiger charge is 2.19. The van der Waals surface area contributed by atoms with Crippen molar-refractivity contribution in [2.45, 2.75) is 33.8 Å². The Morgan fingerprint density at radius 2 is 1.77 bits per heavy atom. The number of aryl methyl sites for hydroxylation is 3. The summed E-state index contributed by atoms with van der Waals surface area (Å²) in [6.07, 6.45) is -0.0329. The molecule has 0 aliphatic rings. The van der Waals surface area contributed by atoms with Crippen LogP contribution in [0.3, 0.4) is 0 Å². The van der Waals surface area contributed by atoms with Crippen molar-refractivity contribution in [2.75, 3.05) is 7.11 Å². The van der Waals surface area contributed by atoms with Gasteiger partial charge in [0, 0.05) is 18.3 Å². The fourth-order valence-corrected chi connectivity index (χ4v) is 3.16. The first kappa shape index (κ1) is 21.1. The van der Waals surface area contributed by atoms with Crippen LogP contribution in [-0.4, -0.2) is 39.8 Å². The first-order valence-electron chi connectivity index (χ1n) is 9.47. The number of ether oxygens (including phenoxy) is 2. The van der Waals surface area contributed by atoms with E-state index in [-0.39, 0.29) is 6.10 Å². The van der Waals surface area contributed by atoms with Gasteiger partial charge in [-0.2, -0.15) is 5.10 Å². The molecule has 0 aliphatic carbocycles. The van der Waals surface area contributed by atoms with Gasteiger partial charge in [0.15, 0.2) is 17.1 Å². The molecule has 0 saturated carbocycles. The second-order valence-corrected chi connectivity index (χ2v) is 7.16. The molecule has 0 aliphatic heterocycles. The number of hydrogen-bond donors (Lipinski definition) is 2. The van der Waals surface area contributed by atoms with Crippen LogP contribution in [0, 0.1) is 13.8 Å². The predicted molar refractivity (Wildman–Crippen MR) is 112 cm³/mol. The van der Waals surface area contributed by atoms with Crippen LogP contribution in [0.5, 0.6) is 11.5 Å². The van der Waals surface area contributed by atoms with Gasteiger partial charge in [-0.25, -0.2) is 4.98 Å². The fraction of sp³-hybridized carbons (Fsp3) is 0.333. The molecule has 3 aromatic rings. The summed E-state index contributed by atoms with van der Waals surface area (Å²) in [4.78, 5) is 29.7. The topological polar surface area (TPSA) is 107 Å². The summed E-state index contributed by atoms with van der Waals surface area (Å²) in [7, 11) is 3.27. The first-order chi connectivity index (χ1) is 14.2. The van der Waals surface area contributed by atoms with Gasteiger partial charge in [-0.1, -0.05) is 0 Å². The Hall–Kier alpha value is -3.62. The van der Waals surface area contributed by atoms with Crippen molar-refractivity contribution < 1.29 is 19.1 Å². The molecule has 2 amide bonds. The smallest absolute Gasteiger partial charge is 0.270 e. The van der Waals surface area contributed by atoms with E-state index in [0.29, 0.717) is 45.0 Å². The van der Waals surface area contributed by atoms with Crippen molar-refractivity contribution in [3.05, 3.63) is 46.8 Å². The van der Waals surface area contributed by atoms with Gasteiger partial charge in [0.05, 0.1) is 29.9 Å². The summed E-state index contributed by atoms with van der Waals surface area (Å²) in [5.74, 6) is 0.0271. The summed E-state index contributed by atoms with van der Waals surface area (Å²) in [6.45, 7) is 7.40. The summed E-state index contributed by atoms with van der Waals surface area (Å²) < 4.78 is 12.6. The fourth-order valence-electron chi connectivity index (χ4n) is 3.16. The number of fused-ring (bicyclic) bond motifs is 1. The van der Waals surface area contributed by atoms with Crippen LogP contribution >= 0.6 is 0 Å². The zero-order valence-electron chi connectivity index (χ0n) is 17.9. The van der Waals surface area contributed by atoms with Gasteiger partial charge in [-0.05, 0) is 52.0 Å². The van der Waals surface area contributed by atoms with Gasteiger partial charge in [0.2, 0.25) is 0 Å². The second-order valence-electron chi connectivity index (χ2n) is 7.16. The number of nitrogens with zero attached hydrogens (tertiary/aromatic N) is 3. The van der Waals surface area contributed by atoms with Crippen molar-refractivity contribution >= 4 is 22.8 Å². The lowest BCUT2D eigenvalue weighted by molar-refractivity contribution is 0.0847. The molecule has 0 radical (unpaired) electrons. The van der Waals surface area contributed by atoms with Crippen LogP contribution in [0.4, 0.5) is 0 Å². The van der Waals surface area contributed by atoms with E-state index >= 15 is 0 Å². The van der Waals surface area contributed by atoms with E-state index in [2.05, 4.69) is 20.9 Å². The highest BCUT2D eigenvalue weighted by molar-refractivity contribution is 6.07. The minimum absolute atomic E-state index is 0.0329. The van der Waals surface area contributed by atoms with Gasteiger partial charge >= 0.3 is 0 Å². The van der Waals surface area contributed by atoms with Crippen molar-refractivity contribution in [3.63, 3.8) is 0 Å². The Kier molecular flexibility index (Phi) is 5.91. The molecule has 2 aromatic heterocycles. The minimum atomic E-state index is -0.484. The standard InChI is InChI=1S/C21H25N5O4/c1-11(2)30-16-8-7-14(10-17(16)29-6)20(27)23-24-21(28)15-9-12(3)22-19-18(15)13(4)25-26(19)5/h7-11H,1-6H3,(H,23,27)(H,24,28). The Bertz CT molecular complexity index is 1120. The van der Waals surface area contributed by atoms with Crippen LogP contribution in [-0.2, 0) is 7.05 Å². The SMILES string of the molecule is COc1cc(C(=O)NNC(=O)c2cc(C)nc3c2c(C)nn3C)ccc1OC(C)C. The van der Waals surface area contributed by atoms with Gasteiger partial charge < -0.3 is 9.47 Å². The van der Waals surface area contributed by atoms with Crippen LogP contribution in [0.15, 0.2) is 24.3 Å². The van der Waals surface area contributed by atoms with E-state index in [9.17, 15) is 9.59 Å². The predicted octanol–water partition coefficient (Wildman–Crippen LogP) is 2.46. The average molecular weight is 411 g/mol. The molecule has 0 atom stereocenters. The number of hydrogen-bond acceptors (Lipinski definition) is 6. The Labute approximate surface area is 174 Å². The molecule has 1 aromatic carbocycles. The van der Waals surface area contributed by atoms with Gasteiger partial charge in [-0.3, -0.25) is 25.1 Å². The average Bonchev–Trinajstić information content (AvgIpc) is 2.98. The van der Waals surface area contributed by atoms with E-state index in [1.165, 1.54) is 7.11 Å². The number of rotatable bonds is 5. The third kappa shape index (κ3) is 4.19. The molecule has 0 bridgehead atoms. The van der Waals surface area contributed by atoms with Crippen LogP contribution in [0.25, 0.3) is 11.0 Å². The quantitative estimate of drug-likeness (QED) is 0.625. The monoisotopic (exact) mass is 411 g/mol. The number of nitrogens with one attached hydrogen (secondary N) is 2. The summed E-state index contributed by atoms with van der Waals surface area (Å²) in [5, 5.41) is 4.97. The molecule has 2 N–H and O–H groups in total. The number of methoxy groups -OCH3 is 1. The largest absolute Gasteiger partial charge is 0.493 e. The highest BCUT2D eigenvalue weighted by atomic mass is 16.5. The van der Waals surface area contributed by atoms with Crippen molar-refractivity contribution in [2.24, 2.45) is 7.05 Å². The number of hydrazine groups is 1. The molecule has 158 valence electrons. The molecule has 2 heterocycles. The molecular formula is C21H25N5O4. The molecule has 0 unspecified atom stereocenters. The molecule has 0 spiro atoms. The lowest BCUT2D eigenvalue weighted by atomic mass is 10.1. The normalized spacial score (nSPS) is 10.9. The molecule has 0 saturated heterocycles. The van der Waals surface area contributed by atoms with Crippen LogP contribution < -0.4 is 20.3 Å². The van der Waals surface area contributed by atoms with Crippen molar-refractivity contribution in [1.29, 1.82) is 0 Å². The maximum Gasteiger partial charge on any atom is 0.270 e. The number of carbonyl (C=O) groups is 2. The number of amides is 2. The van der Waals surface area contributed by atoms with Crippen molar-refractivity contribution in [3.8, 4) is 11.5 Å². The van der Waals surface area contributed by atoms with Crippen molar-refractivity contribution in [1.82, 2.24) is 25.6 Å². The lowest BCUT2D eigenvalue weighted by Gasteiger charge is -2.14. The third-order valence-electron chi connectivity index (χ3n) is 4.42. The van der Waals surface area contributed by atoms with Crippen LogP contribution in [0.2, 0.25) is 0 Å². The van der Waals surface area contributed by atoms with E-state index in [1.807, 2.05) is 20.8 Å². The Balaban J connectivity index is 1.78. The minimum Gasteiger partial charge on any atom is -0.493 e. The summed E-state index contributed by atoms with van der Waals surface area (Å²) >= 11 is 0. The first-order valence-corrected chi connectivity index (χ1v) is 9.47. The molecule has 30 heavy (non-hydrogen) atoms. The number of carbonyl (C=O) groups excluding carboxylic acids is 2. The summed E-state index contributed by atoms with van der Waals surface area (Å²) in [5.41, 5.74) is 7.57. The molecule has 9 nitrogen and oxygen atoms in total. The zero-order chi connectivity index (χ0) is 22.0. The lowest BCUT2D eigenvalue weighted by Crippen LogP contribution is -2.41. The zero-order valence-corrected chi connectivity index (χ0v) is 17.9.